The molecular formula is C23H23ClN2O3. The summed E-state index contributed by atoms with van der Waals surface area (Å²) in [5.41, 5.74) is 3.81. The fourth-order valence-corrected chi connectivity index (χ4v) is 3.13. The Labute approximate surface area is 175 Å². The summed E-state index contributed by atoms with van der Waals surface area (Å²) >= 11 is 6.36. The maximum atomic E-state index is 12.6. The minimum absolute atomic E-state index is 0.0147. The van der Waals surface area contributed by atoms with Crippen LogP contribution in [-0.4, -0.2) is 25.3 Å². The molecule has 1 amide bonds. The van der Waals surface area contributed by atoms with Gasteiger partial charge in [0.05, 0.1) is 24.5 Å². The normalized spacial score (nSPS) is 12.1. The number of fused-ring (bicyclic) bond motifs is 1. The summed E-state index contributed by atoms with van der Waals surface area (Å²) in [5.74, 6) is 0.730. The van der Waals surface area contributed by atoms with Crippen LogP contribution in [0.3, 0.4) is 0 Å². The largest absolute Gasteiger partial charge is 0.493 e. The van der Waals surface area contributed by atoms with E-state index in [9.17, 15) is 4.79 Å². The predicted molar refractivity (Wildman–Crippen MR) is 117 cm³/mol. The zero-order chi connectivity index (χ0) is 20.8. The Balaban J connectivity index is 1.77. The second kappa shape index (κ2) is 9.43. The number of benzene rings is 3. The number of hydrazone groups is 1. The summed E-state index contributed by atoms with van der Waals surface area (Å²) in [4.78, 5) is 12.6. The van der Waals surface area contributed by atoms with Crippen LogP contribution in [0.15, 0.2) is 59.7 Å². The quantitative estimate of drug-likeness (QED) is 0.416. The van der Waals surface area contributed by atoms with Gasteiger partial charge in [-0.25, -0.2) is 5.43 Å². The van der Waals surface area contributed by atoms with Gasteiger partial charge >= 0.3 is 0 Å². The van der Waals surface area contributed by atoms with Gasteiger partial charge in [-0.3, -0.25) is 4.79 Å². The van der Waals surface area contributed by atoms with Gasteiger partial charge in [0.15, 0.2) is 11.5 Å². The number of hydrogen-bond acceptors (Lipinski definition) is 4. The van der Waals surface area contributed by atoms with Gasteiger partial charge in [0, 0.05) is 5.56 Å². The van der Waals surface area contributed by atoms with Crippen LogP contribution < -0.4 is 14.9 Å². The molecule has 3 rings (SSSR count). The average Bonchev–Trinajstić information content (AvgIpc) is 2.74. The average molecular weight is 411 g/mol. The number of hydrogen-bond donors (Lipinski definition) is 1. The van der Waals surface area contributed by atoms with Crippen molar-refractivity contribution in [3.05, 3.63) is 70.7 Å². The van der Waals surface area contributed by atoms with Crippen LogP contribution in [-0.2, 0) is 0 Å². The highest BCUT2D eigenvalue weighted by molar-refractivity contribution is 6.32. The third kappa shape index (κ3) is 4.87. The first kappa shape index (κ1) is 20.7. The topological polar surface area (TPSA) is 59.9 Å². The SMILES string of the molecule is CCC(C)Oc1c(Cl)cc(C=NNC(=O)c2cccc3ccccc23)cc1OC. The number of carbonyl (C=O) groups excluding carboxylic acids is 1. The molecule has 0 aromatic heterocycles. The molecule has 0 aliphatic rings. The monoisotopic (exact) mass is 410 g/mol. The first-order valence-corrected chi connectivity index (χ1v) is 9.76. The highest BCUT2D eigenvalue weighted by atomic mass is 35.5. The van der Waals surface area contributed by atoms with Gasteiger partial charge in [0.25, 0.3) is 5.91 Å². The molecule has 0 bridgehead atoms. The second-order valence-corrected chi connectivity index (χ2v) is 7.00. The summed E-state index contributed by atoms with van der Waals surface area (Å²) in [6, 6.07) is 16.8. The molecule has 0 saturated carbocycles. The Morgan fingerprint density at radius 2 is 1.97 bits per heavy atom. The molecule has 5 nitrogen and oxygen atoms in total. The fraction of sp³-hybridized carbons (Fsp3) is 0.217. The molecule has 0 fully saturated rings. The minimum atomic E-state index is -0.284. The van der Waals surface area contributed by atoms with Crippen LogP contribution in [0.4, 0.5) is 0 Å². The molecule has 0 heterocycles. The smallest absolute Gasteiger partial charge is 0.271 e. The Morgan fingerprint density at radius 3 is 2.72 bits per heavy atom. The minimum Gasteiger partial charge on any atom is -0.493 e. The van der Waals surface area contributed by atoms with E-state index in [1.807, 2.05) is 50.2 Å². The molecule has 6 heteroatoms. The van der Waals surface area contributed by atoms with E-state index in [1.165, 1.54) is 6.21 Å². The van der Waals surface area contributed by atoms with Gasteiger partial charge in [0.1, 0.15) is 0 Å². The van der Waals surface area contributed by atoms with Crippen LogP contribution in [0.1, 0.15) is 36.2 Å². The summed E-state index contributed by atoms with van der Waals surface area (Å²) in [6.07, 6.45) is 2.38. The molecule has 1 atom stereocenters. The van der Waals surface area contributed by atoms with Gasteiger partial charge in [-0.15, -0.1) is 0 Å². The van der Waals surface area contributed by atoms with Crippen molar-refractivity contribution in [3.8, 4) is 11.5 Å². The standard InChI is InChI=1S/C23H23ClN2O3/c1-4-15(2)29-22-20(24)12-16(13-21(22)28-3)14-25-26-23(27)19-11-7-9-17-8-5-6-10-18(17)19/h5-15H,4H2,1-3H3,(H,26,27). The first-order chi connectivity index (χ1) is 14.0. The van der Waals surface area contributed by atoms with Crippen LogP contribution in [0.2, 0.25) is 5.02 Å². The van der Waals surface area contributed by atoms with Crippen LogP contribution in [0, 0.1) is 0 Å². The maximum absolute atomic E-state index is 12.6. The third-order valence-corrected chi connectivity index (χ3v) is 4.84. The zero-order valence-electron chi connectivity index (χ0n) is 16.6. The van der Waals surface area contributed by atoms with Crippen molar-refractivity contribution < 1.29 is 14.3 Å². The summed E-state index contributed by atoms with van der Waals surface area (Å²) < 4.78 is 11.2. The number of methoxy groups -OCH3 is 1. The maximum Gasteiger partial charge on any atom is 0.271 e. The highest BCUT2D eigenvalue weighted by Crippen LogP contribution is 2.37. The number of halogens is 1. The Hall–Kier alpha value is -3.05. The molecule has 1 unspecified atom stereocenters. The lowest BCUT2D eigenvalue weighted by atomic mass is 10.0. The van der Waals surface area contributed by atoms with E-state index in [2.05, 4.69) is 10.5 Å². The molecule has 0 aliphatic carbocycles. The molecule has 0 radical (unpaired) electrons. The van der Waals surface area contributed by atoms with Crippen LogP contribution >= 0.6 is 11.6 Å². The van der Waals surface area contributed by atoms with Crippen molar-refractivity contribution in [3.63, 3.8) is 0 Å². The molecular weight excluding hydrogens is 388 g/mol. The van der Waals surface area contributed by atoms with Gasteiger partial charge in [-0.1, -0.05) is 54.9 Å². The Bertz CT molecular complexity index is 1040. The third-order valence-electron chi connectivity index (χ3n) is 4.56. The van der Waals surface area contributed by atoms with E-state index in [-0.39, 0.29) is 12.0 Å². The van der Waals surface area contributed by atoms with Crippen molar-refractivity contribution in [2.45, 2.75) is 26.4 Å². The van der Waals surface area contributed by atoms with E-state index >= 15 is 0 Å². The summed E-state index contributed by atoms with van der Waals surface area (Å²) in [6.45, 7) is 4.00. The van der Waals surface area contributed by atoms with Gasteiger partial charge < -0.3 is 9.47 Å². The summed E-state index contributed by atoms with van der Waals surface area (Å²) in [5, 5.41) is 6.36. The summed E-state index contributed by atoms with van der Waals surface area (Å²) in [7, 11) is 1.55. The van der Waals surface area contributed by atoms with Crippen LogP contribution in [0.5, 0.6) is 11.5 Å². The Morgan fingerprint density at radius 1 is 1.21 bits per heavy atom. The van der Waals surface area contributed by atoms with E-state index < -0.39 is 0 Å². The molecule has 1 N–H and O–H groups in total. The molecule has 0 spiro atoms. The number of rotatable bonds is 7. The van der Waals surface area contributed by atoms with Crippen molar-refractivity contribution >= 4 is 34.5 Å². The fourth-order valence-electron chi connectivity index (χ4n) is 2.86. The van der Waals surface area contributed by atoms with E-state index in [4.69, 9.17) is 21.1 Å². The molecule has 0 aliphatic heterocycles. The second-order valence-electron chi connectivity index (χ2n) is 6.60. The Kier molecular flexibility index (Phi) is 6.73. The molecule has 0 saturated heterocycles. The zero-order valence-corrected chi connectivity index (χ0v) is 17.4. The van der Waals surface area contributed by atoms with E-state index in [0.29, 0.717) is 27.6 Å². The molecule has 3 aromatic carbocycles. The van der Waals surface area contributed by atoms with Gasteiger partial charge in [-0.05, 0) is 47.9 Å². The number of amides is 1. The highest BCUT2D eigenvalue weighted by Gasteiger charge is 2.14. The number of nitrogens with one attached hydrogen (secondary N) is 1. The van der Waals surface area contributed by atoms with Gasteiger partial charge in [-0.2, -0.15) is 5.10 Å². The number of carbonyl (C=O) groups is 1. The lowest BCUT2D eigenvalue weighted by Crippen LogP contribution is -2.18. The number of nitrogens with zero attached hydrogens (tertiary/aromatic N) is 1. The van der Waals surface area contributed by atoms with Crippen molar-refractivity contribution in [2.24, 2.45) is 5.10 Å². The molecule has 29 heavy (non-hydrogen) atoms. The lowest BCUT2D eigenvalue weighted by molar-refractivity contribution is 0.0957. The van der Waals surface area contributed by atoms with E-state index in [1.54, 1.807) is 25.3 Å². The predicted octanol–water partition coefficient (Wildman–Crippen LogP) is 5.44. The first-order valence-electron chi connectivity index (χ1n) is 9.38. The van der Waals surface area contributed by atoms with E-state index in [0.717, 1.165) is 17.2 Å². The van der Waals surface area contributed by atoms with Crippen molar-refractivity contribution in [1.29, 1.82) is 0 Å². The lowest BCUT2D eigenvalue weighted by Gasteiger charge is -2.17. The van der Waals surface area contributed by atoms with Crippen molar-refractivity contribution in [2.75, 3.05) is 7.11 Å². The molecule has 3 aromatic rings. The molecule has 150 valence electrons. The number of ether oxygens (including phenoxy) is 2. The van der Waals surface area contributed by atoms with Crippen molar-refractivity contribution in [1.82, 2.24) is 5.43 Å². The van der Waals surface area contributed by atoms with Gasteiger partial charge in [0.2, 0.25) is 0 Å². The van der Waals surface area contributed by atoms with Crippen LogP contribution in [0.25, 0.3) is 10.8 Å².